The summed E-state index contributed by atoms with van der Waals surface area (Å²) in [5.74, 6) is 0.718. The molecule has 2 aliphatic heterocycles. The van der Waals surface area contributed by atoms with Crippen molar-refractivity contribution in [3.05, 3.63) is 35.4 Å². The predicted molar refractivity (Wildman–Crippen MR) is 131 cm³/mol. The number of aliphatic hydroxyl groups is 1. The third-order valence-electron chi connectivity index (χ3n) is 6.28. The van der Waals surface area contributed by atoms with Crippen molar-refractivity contribution >= 4 is 29.9 Å². The normalized spacial score (nSPS) is 20.7. The Labute approximate surface area is 205 Å². The van der Waals surface area contributed by atoms with E-state index in [4.69, 9.17) is 0 Å². The molecule has 1 atom stereocenters. The van der Waals surface area contributed by atoms with Crippen LogP contribution < -0.4 is 5.32 Å². The van der Waals surface area contributed by atoms with E-state index in [2.05, 4.69) is 39.5 Å². The maximum Gasteiger partial charge on any atom is 0.403 e. The van der Waals surface area contributed by atoms with E-state index in [1.165, 1.54) is 17.4 Å². The van der Waals surface area contributed by atoms with Crippen molar-refractivity contribution in [2.75, 3.05) is 46.3 Å². The first-order chi connectivity index (χ1) is 14.8. The van der Waals surface area contributed by atoms with Crippen LogP contribution in [0.4, 0.5) is 13.2 Å². The molecule has 0 spiro atoms. The van der Waals surface area contributed by atoms with Crippen LogP contribution in [0.2, 0.25) is 0 Å². The molecule has 0 radical (unpaired) electrons. The summed E-state index contributed by atoms with van der Waals surface area (Å²) in [6.07, 6.45) is -2.67. The lowest BCUT2D eigenvalue weighted by Crippen LogP contribution is -2.56. The fraction of sp³-hybridized carbons (Fsp3) is 0.682. The largest absolute Gasteiger partial charge is 0.403 e. The summed E-state index contributed by atoms with van der Waals surface area (Å²) in [6, 6.07) is 7.02. The van der Waals surface area contributed by atoms with E-state index in [1.807, 2.05) is 4.90 Å². The molecule has 2 fully saturated rings. The highest BCUT2D eigenvalue weighted by Gasteiger charge is 2.41. The van der Waals surface area contributed by atoms with Crippen LogP contribution in [0.3, 0.4) is 0 Å². The molecule has 10 heteroatoms. The van der Waals surface area contributed by atoms with E-state index < -0.39 is 12.2 Å². The number of hydrogen-bond donors (Lipinski definition) is 2. The van der Waals surface area contributed by atoms with Crippen LogP contribution >= 0.6 is 24.0 Å². The van der Waals surface area contributed by atoms with Crippen molar-refractivity contribution in [1.29, 1.82) is 0 Å². The SMILES string of the molecule is CN=C(NCc1ccc(CN2CCC(O)CC2)cc1)N1CCN(C(C)C(F)(F)F)CC1.I. The number of piperazine rings is 1. The Hall–Kier alpha value is -1.11. The molecule has 6 nitrogen and oxygen atoms in total. The van der Waals surface area contributed by atoms with Gasteiger partial charge in [0.05, 0.1) is 6.10 Å². The summed E-state index contributed by atoms with van der Waals surface area (Å²) < 4.78 is 38.8. The fourth-order valence-electron chi connectivity index (χ4n) is 4.14. The van der Waals surface area contributed by atoms with E-state index in [1.54, 1.807) is 7.05 Å². The summed E-state index contributed by atoms with van der Waals surface area (Å²) in [4.78, 5) is 10.2. The van der Waals surface area contributed by atoms with Crippen molar-refractivity contribution < 1.29 is 18.3 Å². The van der Waals surface area contributed by atoms with E-state index in [0.29, 0.717) is 32.7 Å². The zero-order valence-electron chi connectivity index (χ0n) is 18.8. The number of benzene rings is 1. The number of alkyl halides is 3. The third-order valence-corrected chi connectivity index (χ3v) is 6.28. The Morgan fingerprint density at radius 2 is 1.62 bits per heavy atom. The fourth-order valence-corrected chi connectivity index (χ4v) is 4.14. The van der Waals surface area contributed by atoms with Gasteiger partial charge in [0.25, 0.3) is 0 Å². The number of halogens is 4. The van der Waals surface area contributed by atoms with Crippen LogP contribution in [0.15, 0.2) is 29.3 Å². The maximum atomic E-state index is 12.9. The first kappa shape index (κ1) is 27.1. The molecule has 0 aromatic heterocycles. The van der Waals surface area contributed by atoms with Crippen LogP contribution in [0.25, 0.3) is 0 Å². The van der Waals surface area contributed by atoms with Crippen LogP contribution in [0.1, 0.15) is 30.9 Å². The smallest absolute Gasteiger partial charge is 0.393 e. The summed E-state index contributed by atoms with van der Waals surface area (Å²) in [5, 5.41) is 13.0. The minimum Gasteiger partial charge on any atom is -0.393 e. The molecule has 1 unspecified atom stereocenters. The van der Waals surface area contributed by atoms with Gasteiger partial charge in [0.15, 0.2) is 5.96 Å². The molecular formula is C22H35F3IN5O. The zero-order chi connectivity index (χ0) is 22.4. The van der Waals surface area contributed by atoms with Gasteiger partial charge in [0, 0.05) is 59.4 Å². The minimum atomic E-state index is -4.19. The molecule has 1 aromatic carbocycles. The highest BCUT2D eigenvalue weighted by Crippen LogP contribution is 2.25. The molecule has 2 aliphatic rings. The highest BCUT2D eigenvalue weighted by molar-refractivity contribution is 14.0. The number of nitrogens with zero attached hydrogens (tertiary/aromatic N) is 4. The Morgan fingerprint density at radius 1 is 1.06 bits per heavy atom. The second kappa shape index (κ2) is 12.4. The Bertz CT molecular complexity index is 715. The number of hydrogen-bond acceptors (Lipinski definition) is 4. The van der Waals surface area contributed by atoms with Crippen LogP contribution in [-0.4, -0.2) is 90.4 Å². The first-order valence-corrected chi connectivity index (χ1v) is 11.0. The molecule has 0 amide bonds. The third kappa shape index (κ3) is 7.74. The molecule has 2 N–H and O–H groups in total. The lowest BCUT2D eigenvalue weighted by atomic mass is 10.1. The van der Waals surface area contributed by atoms with Crippen molar-refractivity contribution in [3.63, 3.8) is 0 Å². The molecule has 2 heterocycles. The monoisotopic (exact) mass is 569 g/mol. The first-order valence-electron chi connectivity index (χ1n) is 11.0. The molecule has 0 saturated carbocycles. The van der Waals surface area contributed by atoms with E-state index >= 15 is 0 Å². The lowest BCUT2D eigenvalue weighted by Gasteiger charge is -2.39. The van der Waals surface area contributed by atoms with Gasteiger partial charge in [0.2, 0.25) is 0 Å². The summed E-state index contributed by atoms with van der Waals surface area (Å²) in [6.45, 7) is 6.34. The van der Waals surface area contributed by atoms with Gasteiger partial charge < -0.3 is 15.3 Å². The maximum absolute atomic E-state index is 12.9. The molecule has 32 heavy (non-hydrogen) atoms. The summed E-state index contributed by atoms with van der Waals surface area (Å²) in [7, 11) is 1.70. The highest BCUT2D eigenvalue weighted by atomic mass is 127. The van der Waals surface area contributed by atoms with Crippen LogP contribution in [-0.2, 0) is 13.1 Å². The number of likely N-dealkylation sites (tertiary alicyclic amines) is 1. The second-order valence-electron chi connectivity index (χ2n) is 8.47. The number of aliphatic hydroxyl groups excluding tert-OH is 1. The van der Waals surface area contributed by atoms with Crippen molar-refractivity contribution in [3.8, 4) is 0 Å². The van der Waals surface area contributed by atoms with Gasteiger partial charge in [-0.05, 0) is 30.9 Å². The number of rotatable bonds is 5. The number of nitrogens with one attached hydrogen (secondary N) is 1. The number of piperidine rings is 1. The molecule has 0 aliphatic carbocycles. The molecule has 3 rings (SSSR count). The minimum absolute atomic E-state index is 0. The van der Waals surface area contributed by atoms with E-state index in [9.17, 15) is 18.3 Å². The molecular weight excluding hydrogens is 534 g/mol. The number of guanidine groups is 1. The Morgan fingerprint density at radius 3 is 2.16 bits per heavy atom. The molecule has 2 saturated heterocycles. The topological polar surface area (TPSA) is 54.3 Å². The summed E-state index contributed by atoms with van der Waals surface area (Å²) in [5.41, 5.74) is 2.38. The van der Waals surface area contributed by atoms with Gasteiger partial charge >= 0.3 is 6.18 Å². The van der Waals surface area contributed by atoms with Crippen LogP contribution in [0, 0.1) is 0 Å². The van der Waals surface area contributed by atoms with E-state index in [0.717, 1.165) is 44.0 Å². The molecule has 0 bridgehead atoms. The Balaban J connectivity index is 0.00000363. The average Bonchev–Trinajstić information content (AvgIpc) is 2.76. The van der Waals surface area contributed by atoms with Gasteiger partial charge in [-0.2, -0.15) is 13.2 Å². The second-order valence-corrected chi connectivity index (χ2v) is 8.47. The molecule has 182 valence electrons. The van der Waals surface area contributed by atoms with Crippen molar-refractivity contribution in [1.82, 2.24) is 20.0 Å². The van der Waals surface area contributed by atoms with Crippen molar-refractivity contribution in [2.24, 2.45) is 4.99 Å². The predicted octanol–water partition coefficient (Wildman–Crippen LogP) is 2.91. The van der Waals surface area contributed by atoms with Gasteiger partial charge in [-0.1, -0.05) is 24.3 Å². The van der Waals surface area contributed by atoms with Gasteiger partial charge in [-0.25, -0.2) is 0 Å². The quantitative estimate of drug-likeness (QED) is 0.325. The van der Waals surface area contributed by atoms with Gasteiger partial charge in [-0.15, -0.1) is 24.0 Å². The van der Waals surface area contributed by atoms with Crippen LogP contribution in [0.5, 0.6) is 0 Å². The zero-order valence-corrected chi connectivity index (χ0v) is 21.1. The lowest BCUT2D eigenvalue weighted by molar-refractivity contribution is -0.181. The Kier molecular flexibility index (Phi) is 10.5. The van der Waals surface area contributed by atoms with Gasteiger partial charge in [0.1, 0.15) is 6.04 Å². The standard InChI is InChI=1S/C22H34F3N5O.HI/c1-17(22(23,24)25)29-11-13-30(14-12-29)21(26-2)27-15-18-3-5-19(6-4-18)16-28-9-7-20(31)8-10-28;/h3-6,17,20,31H,7-16H2,1-2H3,(H,26,27);1H. The van der Waals surface area contributed by atoms with E-state index in [-0.39, 0.29) is 30.1 Å². The van der Waals surface area contributed by atoms with Crippen molar-refractivity contribution in [2.45, 2.75) is 51.2 Å². The summed E-state index contributed by atoms with van der Waals surface area (Å²) >= 11 is 0. The average molecular weight is 569 g/mol. The van der Waals surface area contributed by atoms with Gasteiger partial charge in [-0.3, -0.25) is 14.8 Å². The molecule has 1 aromatic rings. The number of aliphatic imine (C=N–C) groups is 1.